The zero-order valence-corrected chi connectivity index (χ0v) is 25.0. The SMILES string of the molecule is C=C(CCC)C1=C(C)C=C2C/C(=C\C3=C(C)C(c4ccc(C)c(C)c4)C(C)=C3)C(=C)C2C1c1ccc(C)cc1. The van der Waals surface area contributed by atoms with Gasteiger partial charge in [-0.05, 0) is 105 Å². The Morgan fingerprint density at radius 3 is 2.23 bits per heavy atom. The summed E-state index contributed by atoms with van der Waals surface area (Å²) in [6.45, 7) is 25.0. The van der Waals surface area contributed by atoms with Crippen molar-refractivity contribution in [1.82, 2.24) is 0 Å². The molecule has 0 heteroatoms. The van der Waals surface area contributed by atoms with Crippen LogP contribution in [-0.4, -0.2) is 0 Å². The van der Waals surface area contributed by atoms with Crippen molar-refractivity contribution in [2.24, 2.45) is 5.92 Å². The second-order valence-corrected chi connectivity index (χ2v) is 12.2. The van der Waals surface area contributed by atoms with Crippen molar-refractivity contribution in [2.45, 2.75) is 79.6 Å². The van der Waals surface area contributed by atoms with Crippen LogP contribution in [0, 0.1) is 26.7 Å². The van der Waals surface area contributed by atoms with Gasteiger partial charge in [-0.25, -0.2) is 0 Å². The van der Waals surface area contributed by atoms with Gasteiger partial charge in [0.25, 0.3) is 0 Å². The lowest BCUT2D eigenvalue weighted by atomic mass is 9.69. The molecule has 0 aliphatic heterocycles. The Bertz CT molecular complexity index is 1510. The summed E-state index contributed by atoms with van der Waals surface area (Å²) in [4.78, 5) is 0. The molecule has 0 N–H and O–H groups in total. The Morgan fingerprint density at radius 2 is 1.56 bits per heavy atom. The lowest BCUT2D eigenvalue weighted by Crippen LogP contribution is -2.21. The van der Waals surface area contributed by atoms with E-state index in [2.05, 4.69) is 116 Å². The van der Waals surface area contributed by atoms with Crippen molar-refractivity contribution in [3.8, 4) is 0 Å². The highest BCUT2D eigenvalue weighted by molar-refractivity contribution is 5.63. The van der Waals surface area contributed by atoms with E-state index < -0.39 is 0 Å². The van der Waals surface area contributed by atoms with E-state index in [1.165, 1.54) is 78.0 Å². The van der Waals surface area contributed by atoms with Crippen molar-refractivity contribution in [1.29, 1.82) is 0 Å². The summed E-state index contributed by atoms with van der Waals surface area (Å²) in [7, 11) is 0. The molecule has 0 bridgehead atoms. The highest BCUT2D eigenvalue weighted by atomic mass is 14.4. The normalized spacial score (nSPS) is 23.9. The smallest absolute Gasteiger partial charge is 0.0264 e. The van der Waals surface area contributed by atoms with E-state index in [0.717, 1.165) is 19.3 Å². The van der Waals surface area contributed by atoms with Crippen LogP contribution in [0.2, 0.25) is 0 Å². The highest BCUT2D eigenvalue weighted by Gasteiger charge is 2.41. The molecule has 2 aromatic carbocycles. The maximum atomic E-state index is 4.76. The molecule has 200 valence electrons. The summed E-state index contributed by atoms with van der Waals surface area (Å²) >= 11 is 0. The van der Waals surface area contributed by atoms with E-state index in [1.54, 1.807) is 0 Å². The molecule has 5 rings (SSSR count). The predicted octanol–water partition coefficient (Wildman–Crippen LogP) is 10.9. The zero-order valence-electron chi connectivity index (χ0n) is 25.0. The molecule has 3 aliphatic rings. The van der Waals surface area contributed by atoms with Crippen LogP contribution in [0.4, 0.5) is 0 Å². The van der Waals surface area contributed by atoms with Gasteiger partial charge in [-0.15, -0.1) is 0 Å². The van der Waals surface area contributed by atoms with Crippen molar-refractivity contribution in [3.05, 3.63) is 152 Å². The molecule has 0 saturated heterocycles. The molecular weight excluding hydrogens is 468 g/mol. The topological polar surface area (TPSA) is 0 Å². The standard InChI is InChI=1S/C39H44/c1-10-11-25(4)36-27(6)20-35-22-34(30(9)38(35)39(36)31-15-12-23(2)13-16-31)21-33-19-28(7)37(29(33)8)32-17-14-24(3)26(5)18-32/h12-21,37-39H,4,9-11,22H2,1-3,5-8H3/b34-21+. The van der Waals surface area contributed by atoms with Gasteiger partial charge < -0.3 is 0 Å². The molecule has 3 unspecified atom stereocenters. The first-order valence-electron chi connectivity index (χ1n) is 14.6. The van der Waals surface area contributed by atoms with Gasteiger partial charge in [-0.1, -0.05) is 115 Å². The van der Waals surface area contributed by atoms with E-state index in [-0.39, 0.29) is 5.92 Å². The first kappa shape index (κ1) is 27.2. The summed E-state index contributed by atoms with van der Waals surface area (Å²) in [6.07, 6.45) is 10.4. The third kappa shape index (κ3) is 4.91. The zero-order chi connectivity index (χ0) is 28.0. The van der Waals surface area contributed by atoms with Crippen LogP contribution in [0.3, 0.4) is 0 Å². The van der Waals surface area contributed by atoms with Gasteiger partial charge in [-0.3, -0.25) is 0 Å². The fourth-order valence-corrected chi connectivity index (χ4v) is 7.15. The maximum absolute atomic E-state index is 4.76. The number of aryl methyl sites for hydroxylation is 3. The Hall–Kier alpha value is -3.38. The fraction of sp³-hybridized carbons (Fsp3) is 0.333. The predicted molar refractivity (Wildman–Crippen MR) is 169 cm³/mol. The molecule has 1 fully saturated rings. The van der Waals surface area contributed by atoms with E-state index in [9.17, 15) is 0 Å². The first-order valence-corrected chi connectivity index (χ1v) is 14.6. The number of rotatable bonds is 6. The van der Waals surface area contributed by atoms with Crippen LogP contribution >= 0.6 is 0 Å². The second kappa shape index (κ2) is 10.6. The van der Waals surface area contributed by atoms with Gasteiger partial charge in [0.05, 0.1) is 0 Å². The van der Waals surface area contributed by atoms with Crippen molar-refractivity contribution < 1.29 is 0 Å². The lowest BCUT2D eigenvalue weighted by Gasteiger charge is -2.34. The Balaban J connectivity index is 1.54. The Kier molecular flexibility index (Phi) is 7.43. The van der Waals surface area contributed by atoms with Crippen molar-refractivity contribution in [2.75, 3.05) is 0 Å². The molecule has 1 saturated carbocycles. The fourth-order valence-electron chi connectivity index (χ4n) is 7.15. The van der Waals surface area contributed by atoms with Crippen molar-refractivity contribution in [3.63, 3.8) is 0 Å². The van der Waals surface area contributed by atoms with Gasteiger partial charge in [0, 0.05) is 17.8 Å². The molecule has 3 atom stereocenters. The van der Waals surface area contributed by atoms with Gasteiger partial charge in [0.15, 0.2) is 0 Å². The number of hydrogen-bond acceptors (Lipinski definition) is 0. The highest BCUT2D eigenvalue weighted by Crippen LogP contribution is 2.55. The third-order valence-corrected chi connectivity index (χ3v) is 9.34. The summed E-state index contributed by atoms with van der Waals surface area (Å²) in [6, 6.07) is 16.1. The summed E-state index contributed by atoms with van der Waals surface area (Å²) in [5.41, 5.74) is 19.3. The Morgan fingerprint density at radius 1 is 0.872 bits per heavy atom. The van der Waals surface area contributed by atoms with Gasteiger partial charge in [-0.2, -0.15) is 0 Å². The Labute approximate surface area is 236 Å². The van der Waals surface area contributed by atoms with E-state index in [0.29, 0.717) is 11.8 Å². The minimum absolute atomic E-state index is 0.280. The van der Waals surface area contributed by atoms with E-state index in [1.807, 2.05) is 0 Å². The minimum atomic E-state index is 0.280. The average molecular weight is 513 g/mol. The van der Waals surface area contributed by atoms with Crippen LogP contribution in [0.15, 0.2) is 124 Å². The molecular formula is C39H44. The van der Waals surface area contributed by atoms with Gasteiger partial charge in [0.2, 0.25) is 0 Å². The summed E-state index contributed by atoms with van der Waals surface area (Å²) < 4.78 is 0. The van der Waals surface area contributed by atoms with E-state index in [4.69, 9.17) is 6.58 Å². The minimum Gasteiger partial charge on any atom is -0.0955 e. The quantitative estimate of drug-likeness (QED) is 0.361. The average Bonchev–Trinajstić information content (AvgIpc) is 3.35. The molecule has 0 heterocycles. The molecule has 2 aromatic rings. The third-order valence-electron chi connectivity index (χ3n) is 9.34. The molecule has 39 heavy (non-hydrogen) atoms. The van der Waals surface area contributed by atoms with Gasteiger partial charge >= 0.3 is 0 Å². The van der Waals surface area contributed by atoms with Crippen LogP contribution in [-0.2, 0) is 0 Å². The second-order valence-electron chi connectivity index (χ2n) is 12.2. The van der Waals surface area contributed by atoms with Crippen LogP contribution in [0.1, 0.15) is 86.6 Å². The molecule has 0 radical (unpaired) electrons. The molecule has 0 spiro atoms. The first-order chi connectivity index (χ1) is 18.6. The van der Waals surface area contributed by atoms with Crippen molar-refractivity contribution >= 4 is 0 Å². The molecule has 3 aliphatic carbocycles. The van der Waals surface area contributed by atoms with Gasteiger partial charge in [0.1, 0.15) is 0 Å². The van der Waals surface area contributed by atoms with Crippen LogP contribution in [0.25, 0.3) is 0 Å². The molecule has 0 amide bonds. The number of allylic oxidation sites excluding steroid dienone is 12. The molecule has 0 aromatic heterocycles. The van der Waals surface area contributed by atoms with E-state index >= 15 is 0 Å². The number of fused-ring (bicyclic) bond motifs is 1. The molecule has 0 nitrogen and oxygen atoms in total. The lowest BCUT2D eigenvalue weighted by molar-refractivity contribution is 0.619. The monoisotopic (exact) mass is 512 g/mol. The number of benzene rings is 2. The van der Waals surface area contributed by atoms with Crippen LogP contribution in [0.5, 0.6) is 0 Å². The summed E-state index contributed by atoms with van der Waals surface area (Å²) in [5, 5.41) is 0. The number of hydrogen-bond donors (Lipinski definition) is 0. The maximum Gasteiger partial charge on any atom is 0.0264 e. The van der Waals surface area contributed by atoms with Crippen LogP contribution < -0.4 is 0 Å². The largest absolute Gasteiger partial charge is 0.0955 e. The summed E-state index contributed by atoms with van der Waals surface area (Å²) in [5.74, 6) is 0.942.